The van der Waals surface area contributed by atoms with Crippen molar-refractivity contribution in [3.8, 4) is 12.3 Å². The molecule has 0 amide bonds. The van der Waals surface area contributed by atoms with Crippen LogP contribution in [0.1, 0.15) is 44.9 Å². The third kappa shape index (κ3) is 2.87. The molecule has 0 bridgehead atoms. The molecule has 0 aromatic heterocycles. The first-order valence-corrected chi connectivity index (χ1v) is 5.03. The molecule has 1 saturated carbocycles. The summed E-state index contributed by atoms with van der Waals surface area (Å²) in [4.78, 5) is 0. The van der Waals surface area contributed by atoms with Crippen LogP contribution in [-0.4, -0.2) is 6.04 Å². The van der Waals surface area contributed by atoms with Crippen molar-refractivity contribution in [2.24, 2.45) is 11.7 Å². The number of hydrogen-bond donors (Lipinski definition) is 1. The van der Waals surface area contributed by atoms with Crippen LogP contribution in [0.5, 0.6) is 0 Å². The summed E-state index contributed by atoms with van der Waals surface area (Å²) in [5, 5.41) is 0. The highest BCUT2D eigenvalue weighted by Crippen LogP contribution is 2.25. The van der Waals surface area contributed by atoms with Crippen molar-refractivity contribution in [1.82, 2.24) is 0 Å². The van der Waals surface area contributed by atoms with E-state index in [1.807, 2.05) is 0 Å². The maximum atomic E-state index is 5.99. The van der Waals surface area contributed by atoms with E-state index in [1.54, 1.807) is 0 Å². The minimum atomic E-state index is 0.257. The molecule has 1 fully saturated rings. The van der Waals surface area contributed by atoms with Crippen molar-refractivity contribution < 1.29 is 0 Å². The predicted molar refractivity (Wildman–Crippen MR) is 52.6 cm³/mol. The number of hydrogen-bond acceptors (Lipinski definition) is 1. The van der Waals surface area contributed by atoms with Gasteiger partial charge >= 0.3 is 0 Å². The van der Waals surface area contributed by atoms with Gasteiger partial charge in [-0.15, -0.1) is 12.3 Å². The first kappa shape index (κ1) is 9.61. The van der Waals surface area contributed by atoms with E-state index >= 15 is 0 Å². The van der Waals surface area contributed by atoms with Gasteiger partial charge in [0.1, 0.15) is 0 Å². The monoisotopic (exact) mass is 165 g/mol. The molecule has 1 aliphatic rings. The molecule has 0 aromatic carbocycles. The molecule has 1 heteroatoms. The van der Waals surface area contributed by atoms with Crippen molar-refractivity contribution in [2.75, 3.05) is 0 Å². The number of nitrogens with two attached hydrogens (primary N) is 1. The van der Waals surface area contributed by atoms with Crippen LogP contribution in [0.2, 0.25) is 0 Å². The second kappa shape index (κ2) is 5.22. The molecule has 0 aromatic rings. The lowest BCUT2D eigenvalue weighted by atomic mass is 9.91. The molecule has 1 aliphatic carbocycles. The van der Waals surface area contributed by atoms with Gasteiger partial charge in [0.2, 0.25) is 0 Å². The highest BCUT2D eigenvalue weighted by molar-refractivity contribution is 4.91. The van der Waals surface area contributed by atoms with E-state index < -0.39 is 0 Å². The van der Waals surface area contributed by atoms with E-state index in [0.717, 1.165) is 6.42 Å². The van der Waals surface area contributed by atoms with Crippen LogP contribution in [0.25, 0.3) is 0 Å². The second-order valence-electron chi connectivity index (χ2n) is 3.82. The predicted octanol–water partition coefficient (Wildman–Crippen LogP) is 2.31. The largest absolute Gasteiger partial charge is 0.327 e. The number of rotatable bonds is 2. The normalized spacial score (nSPS) is 22.7. The Labute approximate surface area is 75.7 Å². The Bertz CT molecular complexity index is 149. The van der Waals surface area contributed by atoms with Gasteiger partial charge in [0.25, 0.3) is 0 Å². The van der Waals surface area contributed by atoms with Gasteiger partial charge in [-0.25, -0.2) is 0 Å². The van der Waals surface area contributed by atoms with Gasteiger partial charge in [-0.05, 0) is 18.8 Å². The van der Waals surface area contributed by atoms with Crippen LogP contribution in [0.3, 0.4) is 0 Å². The summed E-state index contributed by atoms with van der Waals surface area (Å²) in [6, 6.07) is 0.257. The SMILES string of the molecule is C#CCC(N)C1CCCCCC1. The van der Waals surface area contributed by atoms with E-state index in [1.165, 1.54) is 38.5 Å². The Hall–Kier alpha value is -0.480. The minimum absolute atomic E-state index is 0.257. The van der Waals surface area contributed by atoms with Crippen molar-refractivity contribution in [3.05, 3.63) is 0 Å². The summed E-state index contributed by atoms with van der Waals surface area (Å²) in [7, 11) is 0. The molecule has 2 N–H and O–H groups in total. The molecule has 0 radical (unpaired) electrons. The lowest BCUT2D eigenvalue weighted by Gasteiger charge is -2.19. The van der Waals surface area contributed by atoms with Crippen LogP contribution in [0.15, 0.2) is 0 Å². The van der Waals surface area contributed by atoms with E-state index in [9.17, 15) is 0 Å². The third-order valence-electron chi connectivity index (χ3n) is 2.86. The maximum absolute atomic E-state index is 5.99. The van der Waals surface area contributed by atoms with Crippen LogP contribution < -0.4 is 5.73 Å². The summed E-state index contributed by atoms with van der Waals surface area (Å²) in [6.07, 6.45) is 14.1. The second-order valence-corrected chi connectivity index (χ2v) is 3.82. The molecule has 1 nitrogen and oxygen atoms in total. The van der Waals surface area contributed by atoms with Crippen LogP contribution >= 0.6 is 0 Å². The molecule has 0 saturated heterocycles. The average Bonchev–Trinajstić information content (AvgIpc) is 2.32. The summed E-state index contributed by atoms with van der Waals surface area (Å²) < 4.78 is 0. The summed E-state index contributed by atoms with van der Waals surface area (Å²) in [6.45, 7) is 0. The fourth-order valence-corrected chi connectivity index (χ4v) is 2.04. The fourth-order valence-electron chi connectivity index (χ4n) is 2.04. The Kier molecular flexibility index (Phi) is 4.18. The van der Waals surface area contributed by atoms with Crippen molar-refractivity contribution in [2.45, 2.75) is 51.0 Å². The van der Waals surface area contributed by atoms with Gasteiger partial charge in [0.05, 0.1) is 0 Å². The van der Waals surface area contributed by atoms with E-state index in [2.05, 4.69) is 5.92 Å². The molecular formula is C11H19N. The zero-order chi connectivity index (χ0) is 8.81. The smallest absolute Gasteiger partial charge is 0.0241 e. The lowest BCUT2D eigenvalue weighted by Crippen LogP contribution is -2.29. The molecule has 0 aliphatic heterocycles. The average molecular weight is 165 g/mol. The molecule has 68 valence electrons. The van der Waals surface area contributed by atoms with Crippen LogP contribution in [0.4, 0.5) is 0 Å². The molecule has 1 atom stereocenters. The van der Waals surface area contributed by atoms with Crippen molar-refractivity contribution in [1.29, 1.82) is 0 Å². The highest BCUT2D eigenvalue weighted by atomic mass is 14.6. The standard InChI is InChI=1S/C11H19N/c1-2-7-11(12)10-8-5-3-4-6-9-10/h1,10-11H,3-9,12H2. The molecular weight excluding hydrogens is 146 g/mol. The quantitative estimate of drug-likeness (QED) is 0.493. The first-order chi connectivity index (χ1) is 5.84. The molecule has 0 spiro atoms. The summed E-state index contributed by atoms with van der Waals surface area (Å²) >= 11 is 0. The number of terminal acetylenes is 1. The minimum Gasteiger partial charge on any atom is -0.327 e. The van der Waals surface area contributed by atoms with Gasteiger partial charge in [0, 0.05) is 12.5 Å². The van der Waals surface area contributed by atoms with E-state index in [-0.39, 0.29) is 6.04 Å². The fraction of sp³-hybridized carbons (Fsp3) is 0.818. The van der Waals surface area contributed by atoms with E-state index in [0.29, 0.717) is 5.92 Å². The van der Waals surface area contributed by atoms with Gasteiger partial charge < -0.3 is 5.73 Å². The van der Waals surface area contributed by atoms with Crippen molar-refractivity contribution >= 4 is 0 Å². The summed E-state index contributed by atoms with van der Waals surface area (Å²) in [5.74, 6) is 3.36. The van der Waals surface area contributed by atoms with Crippen LogP contribution in [-0.2, 0) is 0 Å². The molecule has 1 unspecified atom stereocenters. The van der Waals surface area contributed by atoms with E-state index in [4.69, 9.17) is 12.2 Å². The Balaban J connectivity index is 2.33. The Morgan fingerprint density at radius 1 is 1.25 bits per heavy atom. The third-order valence-corrected chi connectivity index (χ3v) is 2.86. The van der Waals surface area contributed by atoms with Crippen LogP contribution in [0, 0.1) is 18.3 Å². The molecule has 0 heterocycles. The van der Waals surface area contributed by atoms with Gasteiger partial charge in [0.15, 0.2) is 0 Å². The lowest BCUT2D eigenvalue weighted by molar-refractivity contribution is 0.379. The van der Waals surface area contributed by atoms with Gasteiger partial charge in [-0.2, -0.15) is 0 Å². The Morgan fingerprint density at radius 2 is 1.83 bits per heavy atom. The zero-order valence-electron chi connectivity index (χ0n) is 7.76. The maximum Gasteiger partial charge on any atom is 0.0241 e. The highest BCUT2D eigenvalue weighted by Gasteiger charge is 2.18. The van der Waals surface area contributed by atoms with Crippen molar-refractivity contribution in [3.63, 3.8) is 0 Å². The molecule has 1 rings (SSSR count). The zero-order valence-corrected chi connectivity index (χ0v) is 7.76. The van der Waals surface area contributed by atoms with Gasteiger partial charge in [-0.1, -0.05) is 25.7 Å². The summed E-state index contributed by atoms with van der Waals surface area (Å²) in [5.41, 5.74) is 5.99. The van der Waals surface area contributed by atoms with Gasteiger partial charge in [-0.3, -0.25) is 0 Å². The molecule has 12 heavy (non-hydrogen) atoms. The topological polar surface area (TPSA) is 26.0 Å². The Morgan fingerprint density at radius 3 is 2.33 bits per heavy atom. The first-order valence-electron chi connectivity index (χ1n) is 5.03.